The SMILES string of the molecule is CN1C(=O)C(O)(Cc2ccccc2O)N(C)C(=O)C1Cc1c[nH]c2cccc(N([O-])O)c12. The van der Waals surface area contributed by atoms with Crippen molar-refractivity contribution in [3.05, 3.63) is 65.0 Å². The highest BCUT2D eigenvalue weighted by Crippen LogP contribution is 2.34. The molecule has 4 N–H and O–H groups in total. The lowest BCUT2D eigenvalue weighted by molar-refractivity contribution is -0.194. The summed E-state index contributed by atoms with van der Waals surface area (Å²) in [6.07, 6.45) is 1.40. The molecule has 0 radical (unpaired) electrons. The van der Waals surface area contributed by atoms with Crippen molar-refractivity contribution in [1.29, 1.82) is 0 Å². The van der Waals surface area contributed by atoms with Crippen LogP contribution >= 0.6 is 0 Å². The van der Waals surface area contributed by atoms with E-state index < -0.39 is 23.6 Å². The van der Waals surface area contributed by atoms with Gasteiger partial charge in [0.05, 0.1) is 5.69 Å². The molecule has 10 heteroatoms. The maximum atomic E-state index is 13.2. The largest absolute Gasteiger partial charge is 0.733 e. The molecule has 2 heterocycles. The smallest absolute Gasteiger partial charge is 0.276 e. The predicted molar refractivity (Wildman–Crippen MR) is 116 cm³/mol. The van der Waals surface area contributed by atoms with Crippen LogP contribution in [0.25, 0.3) is 10.9 Å². The Kier molecular flexibility index (Phi) is 5.29. The summed E-state index contributed by atoms with van der Waals surface area (Å²) in [5.41, 5.74) is -0.671. The number of hydrogen-bond donors (Lipinski definition) is 4. The molecule has 2 aromatic carbocycles. The van der Waals surface area contributed by atoms with Gasteiger partial charge in [0, 0.05) is 44.0 Å². The van der Waals surface area contributed by atoms with Gasteiger partial charge in [0.15, 0.2) is 0 Å². The minimum atomic E-state index is -2.16. The van der Waals surface area contributed by atoms with Gasteiger partial charge < -0.3 is 35.4 Å². The molecule has 4 rings (SSSR count). The number of carbonyl (C=O) groups excluding carboxylic acids is 2. The van der Waals surface area contributed by atoms with E-state index in [4.69, 9.17) is 0 Å². The number of phenols is 1. The van der Waals surface area contributed by atoms with Gasteiger partial charge in [-0.1, -0.05) is 24.3 Å². The fourth-order valence-corrected chi connectivity index (χ4v) is 4.25. The van der Waals surface area contributed by atoms with Crippen molar-refractivity contribution < 1.29 is 25.0 Å². The molecule has 1 fully saturated rings. The average Bonchev–Trinajstić information content (AvgIpc) is 3.19. The van der Waals surface area contributed by atoms with Crippen LogP contribution in [0.3, 0.4) is 0 Å². The fraction of sp³-hybridized carbons (Fsp3) is 0.273. The zero-order valence-corrected chi connectivity index (χ0v) is 17.5. The topological polar surface area (TPSA) is 143 Å². The van der Waals surface area contributed by atoms with Gasteiger partial charge in [0.1, 0.15) is 11.8 Å². The van der Waals surface area contributed by atoms with Gasteiger partial charge in [0.25, 0.3) is 5.91 Å². The highest BCUT2D eigenvalue weighted by atomic mass is 16.8. The number of anilines is 1. The first-order valence-electron chi connectivity index (χ1n) is 9.94. The monoisotopic (exact) mass is 439 g/mol. The van der Waals surface area contributed by atoms with Crippen LogP contribution < -0.4 is 5.23 Å². The van der Waals surface area contributed by atoms with Gasteiger partial charge in [-0.15, -0.1) is 0 Å². The number of likely N-dealkylation sites (N-methyl/N-ethyl adjacent to an activating group) is 2. The van der Waals surface area contributed by atoms with E-state index in [0.29, 0.717) is 22.0 Å². The van der Waals surface area contributed by atoms with Crippen molar-refractivity contribution in [2.24, 2.45) is 0 Å². The number of amides is 2. The molecular weight excluding hydrogens is 416 g/mol. The van der Waals surface area contributed by atoms with Crippen molar-refractivity contribution in [3.8, 4) is 5.75 Å². The number of piperazine rings is 1. The Labute approximate surface area is 183 Å². The van der Waals surface area contributed by atoms with Gasteiger partial charge in [0.2, 0.25) is 11.6 Å². The third kappa shape index (κ3) is 3.34. The number of aromatic nitrogens is 1. The number of hydrogen-bond acceptors (Lipinski definition) is 7. The molecule has 2 atom stereocenters. The van der Waals surface area contributed by atoms with Gasteiger partial charge in [-0.05, 0) is 29.3 Å². The lowest BCUT2D eigenvalue weighted by atomic mass is 9.92. The molecular formula is C22H23N4O6-. The summed E-state index contributed by atoms with van der Waals surface area (Å²) in [7, 11) is 2.77. The summed E-state index contributed by atoms with van der Waals surface area (Å²) in [5.74, 6) is -1.28. The number of benzene rings is 2. The molecule has 2 amide bonds. The molecule has 0 aliphatic carbocycles. The van der Waals surface area contributed by atoms with Crippen LogP contribution in [-0.2, 0) is 22.4 Å². The minimum absolute atomic E-state index is 0.0143. The summed E-state index contributed by atoms with van der Waals surface area (Å²) in [5, 5.41) is 42.5. The Hall–Kier alpha value is -3.60. The lowest BCUT2D eigenvalue weighted by Gasteiger charge is -2.47. The molecule has 1 aliphatic heterocycles. The van der Waals surface area contributed by atoms with Crippen molar-refractivity contribution in [1.82, 2.24) is 14.8 Å². The maximum Gasteiger partial charge on any atom is 0.276 e. The van der Waals surface area contributed by atoms with Crippen LogP contribution in [0.15, 0.2) is 48.7 Å². The summed E-state index contributed by atoms with van der Waals surface area (Å²) < 4.78 is 0. The normalized spacial score (nSPS) is 21.5. The van der Waals surface area contributed by atoms with Gasteiger partial charge >= 0.3 is 0 Å². The number of fused-ring (bicyclic) bond motifs is 1. The minimum Gasteiger partial charge on any atom is -0.733 e. The third-order valence-corrected chi connectivity index (χ3v) is 6.11. The van der Waals surface area contributed by atoms with Crippen LogP contribution in [0.1, 0.15) is 11.1 Å². The van der Waals surface area contributed by atoms with E-state index in [2.05, 4.69) is 4.98 Å². The van der Waals surface area contributed by atoms with E-state index in [-0.39, 0.29) is 29.5 Å². The summed E-state index contributed by atoms with van der Waals surface area (Å²) in [6.45, 7) is 0. The van der Waals surface area contributed by atoms with Crippen molar-refractivity contribution >= 4 is 28.4 Å². The van der Waals surface area contributed by atoms with E-state index >= 15 is 0 Å². The number of phenolic OH excluding ortho intramolecular Hbond substituents is 1. The van der Waals surface area contributed by atoms with E-state index in [9.17, 15) is 30.2 Å². The Morgan fingerprint density at radius 2 is 1.84 bits per heavy atom. The zero-order valence-electron chi connectivity index (χ0n) is 17.5. The van der Waals surface area contributed by atoms with Gasteiger partial charge in [-0.3, -0.25) is 14.8 Å². The molecule has 1 aliphatic rings. The zero-order chi connectivity index (χ0) is 23.2. The Balaban J connectivity index is 1.66. The van der Waals surface area contributed by atoms with Crippen LogP contribution in [0.5, 0.6) is 5.75 Å². The summed E-state index contributed by atoms with van der Waals surface area (Å²) >= 11 is 0. The van der Waals surface area contributed by atoms with E-state index in [1.807, 2.05) is 0 Å². The summed E-state index contributed by atoms with van der Waals surface area (Å²) in [4.78, 5) is 31.6. The molecule has 10 nitrogen and oxygen atoms in total. The Morgan fingerprint density at radius 3 is 2.53 bits per heavy atom. The van der Waals surface area contributed by atoms with Gasteiger partial charge in [-0.25, -0.2) is 0 Å². The standard InChI is InChI=1S/C22H23N4O6/c1-24-17(10-14-12-23-15-7-5-8-16(19(14)15)26(31)32)20(28)25(2)22(30,21(24)29)11-13-6-3-4-9-18(13)27/h3-9,12,17,23,27,30-31H,10-11H2,1-2H3/q-1. The molecule has 0 spiro atoms. The number of carbonyl (C=O) groups is 2. The molecule has 0 bridgehead atoms. The number of nitrogens with one attached hydrogen (secondary N) is 1. The average molecular weight is 439 g/mol. The van der Waals surface area contributed by atoms with E-state index in [1.165, 1.54) is 31.1 Å². The number of rotatable bonds is 5. The highest BCUT2D eigenvalue weighted by molar-refractivity contribution is 6.00. The quantitative estimate of drug-likeness (QED) is 0.439. The number of H-pyrrole nitrogens is 1. The second-order valence-corrected chi connectivity index (χ2v) is 7.94. The van der Waals surface area contributed by atoms with Crippen molar-refractivity contribution in [3.63, 3.8) is 0 Å². The Morgan fingerprint density at radius 1 is 1.12 bits per heavy atom. The van der Waals surface area contributed by atoms with Crippen LogP contribution in [0, 0.1) is 5.21 Å². The second-order valence-electron chi connectivity index (χ2n) is 7.94. The Bertz CT molecular complexity index is 1190. The molecule has 2 unspecified atom stereocenters. The van der Waals surface area contributed by atoms with E-state index in [1.54, 1.807) is 36.5 Å². The molecule has 3 aromatic rings. The predicted octanol–water partition coefficient (Wildman–Crippen LogP) is 1.34. The molecule has 1 aromatic heterocycles. The van der Waals surface area contributed by atoms with Crippen LogP contribution in [0.2, 0.25) is 0 Å². The third-order valence-electron chi connectivity index (χ3n) is 6.11. The first kappa shape index (κ1) is 21.6. The number of nitrogens with zero attached hydrogens (tertiary/aromatic N) is 3. The number of aromatic amines is 1. The molecule has 168 valence electrons. The van der Waals surface area contributed by atoms with Crippen LogP contribution in [0.4, 0.5) is 5.69 Å². The lowest BCUT2D eigenvalue weighted by Crippen LogP contribution is -2.70. The van der Waals surface area contributed by atoms with Crippen molar-refractivity contribution in [2.75, 3.05) is 19.3 Å². The molecule has 32 heavy (non-hydrogen) atoms. The number of para-hydroxylation sites is 1. The van der Waals surface area contributed by atoms with Crippen molar-refractivity contribution in [2.45, 2.75) is 24.6 Å². The first-order chi connectivity index (χ1) is 15.1. The number of aliphatic hydroxyl groups is 1. The molecule has 0 saturated carbocycles. The second kappa shape index (κ2) is 7.83. The first-order valence-corrected chi connectivity index (χ1v) is 9.94. The summed E-state index contributed by atoms with van der Waals surface area (Å²) in [6, 6.07) is 10.1. The number of aromatic hydroxyl groups is 1. The fourth-order valence-electron chi connectivity index (χ4n) is 4.25. The molecule has 1 saturated heterocycles. The van der Waals surface area contributed by atoms with E-state index in [0.717, 1.165) is 4.90 Å². The highest BCUT2D eigenvalue weighted by Gasteiger charge is 2.53. The van der Waals surface area contributed by atoms with Gasteiger partial charge in [-0.2, -0.15) is 0 Å². The van der Waals surface area contributed by atoms with Crippen LogP contribution in [-0.4, -0.2) is 67.9 Å². The maximum absolute atomic E-state index is 13.2.